The zero-order valence-electron chi connectivity index (χ0n) is 11.5. The summed E-state index contributed by atoms with van der Waals surface area (Å²) in [4.78, 5) is 9.81. The number of thiophene rings is 1. The highest BCUT2D eigenvalue weighted by atomic mass is 79.9. The van der Waals surface area contributed by atoms with Gasteiger partial charge >= 0.3 is 0 Å². The number of hydrogen-bond acceptors (Lipinski definition) is 6. The van der Waals surface area contributed by atoms with E-state index in [1.54, 1.807) is 11.3 Å². The van der Waals surface area contributed by atoms with Crippen molar-refractivity contribution >= 4 is 38.9 Å². The van der Waals surface area contributed by atoms with E-state index in [-0.39, 0.29) is 0 Å². The second-order valence-corrected chi connectivity index (χ2v) is 7.21. The minimum atomic E-state index is 0.292. The maximum atomic E-state index is 5.51. The predicted molar refractivity (Wildman–Crippen MR) is 88.1 cm³/mol. The van der Waals surface area contributed by atoms with Crippen LogP contribution in [-0.2, 0) is 6.42 Å². The Balaban J connectivity index is 2.05. The Morgan fingerprint density at radius 1 is 1.30 bits per heavy atom. The number of nitrogens with one attached hydrogen (secondary N) is 2. The van der Waals surface area contributed by atoms with Gasteiger partial charge in [-0.15, -0.1) is 11.3 Å². The summed E-state index contributed by atoms with van der Waals surface area (Å²) in [7, 11) is 0. The molecule has 2 heterocycles. The van der Waals surface area contributed by atoms with Crippen LogP contribution in [0.4, 0.5) is 11.6 Å². The maximum Gasteiger partial charge on any atom is 0.148 e. The van der Waals surface area contributed by atoms with Gasteiger partial charge in [0.2, 0.25) is 0 Å². The van der Waals surface area contributed by atoms with Gasteiger partial charge in [-0.25, -0.2) is 15.8 Å². The minimum absolute atomic E-state index is 0.292. The summed E-state index contributed by atoms with van der Waals surface area (Å²) in [6.45, 7) is 5.02. The van der Waals surface area contributed by atoms with E-state index in [9.17, 15) is 0 Å². The zero-order valence-corrected chi connectivity index (χ0v) is 13.9. The summed E-state index contributed by atoms with van der Waals surface area (Å²) in [5.74, 6) is 7.32. The van der Waals surface area contributed by atoms with E-state index in [0.717, 1.165) is 28.1 Å². The molecule has 0 aromatic carbocycles. The largest absolute Gasteiger partial charge is 0.369 e. The topological polar surface area (TPSA) is 75.9 Å². The predicted octanol–water partition coefficient (Wildman–Crippen LogP) is 3.36. The molecule has 0 saturated heterocycles. The molecule has 7 heteroatoms. The average molecular weight is 356 g/mol. The van der Waals surface area contributed by atoms with Gasteiger partial charge in [0.05, 0.1) is 3.79 Å². The van der Waals surface area contributed by atoms with Crippen molar-refractivity contribution in [3.8, 4) is 0 Å². The van der Waals surface area contributed by atoms with Crippen LogP contribution in [0.25, 0.3) is 0 Å². The number of nitrogens with two attached hydrogens (primary N) is 1. The van der Waals surface area contributed by atoms with Crippen molar-refractivity contribution in [3.05, 3.63) is 32.7 Å². The molecule has 5 nitrogen and oxygen atoms in total. The number of aromatic nitrogens is 2. The molecule has 0 bridgehead atoms. The summed E-state index contributed by atoms with van der Waals surface area (Å²) in [5.41, 5.74) is 3.65. The lowest BCUT2D eigenvalue weighted by atomic mass is 10.0. The molecule has 108 valence electrons. The third-order valence-corrected chi connectivity index (χ3v) is 4.57. The Morgan fingerprint density at radius 2 is 2.05 bits per heavy atom. The van der Waals surface area contributed by atoms with Crippen molar-refractivity contribution < 1.29 is 0 Å². The van der Waals surface area contributed by atoms with Crippen LogP contribution >= 0.6 is 27.3 Å². The number of halogens is 1. The molecule has 0 radical (unpaired) electrons. The molecule has 2 aromatic heterocycles. The summed E-state index contributed by atoms with van der Waals surface area (Å²) in [6.07, 6.45) is 2.48. The third kappa shape index (κ3) is 3.68. The lowest BCUT2D eigenvalue weighted by molar-refractivity contribution is 0.843. The molecule has 0 aliphatic carbocycles. The molecule has 0 amide bonds. The molecule has 2 aromatic rings. The van der Waals surface area contributed by atoms with Gasteiger partial charge in [-0.2, -0.15) is 0 Å². The zero-order chi connectivity index (χ0) is 14.5. The molecule has 4 N–H and O–H groups in total. The fraction of sp³-hybridized carbons (Fsp3) is 0.385. The van der Waals surface area contributed by atoms with Crippen LogP contribution in [0.3, 0.4) is 0 Å². The number of hydrogen-bond donors (Lipinski definition) is 3. The molecule has 0 fully saturated rings. The van der Waals surface area contributed by atoms with E-state index < -0.39 is 0 Å². The summed E-state index contributed by atoms with van der Waals surface area (Å²) in [6, 6.07) is 4.20. The smallest absolute Gasteiger partial charge is 0.148 e. The first-order chi connectivity index (χ1) is 9.61. The highest BCUT2D eigenvalue weighted by Gasteiger charge is 2.13. The van der Waals surface area contributed by atoms with E-state index >= 15 is 0 Å². The normalized spacial score (nSPS) is 10.8. The molecule has 0 aliphatic heterocycles. The number of anilines is 2. The molecule has 0 aliphatic rings. The van der Waals surface area contributed by atoms with Crippen LogP contribution in [0.2, 0.25) is 0 Å². The lowest BCUT2D eigenvalue weighted by Gasteiger charge is -2.16. The second kappa shape index (κ2) is 7.01. The van der Waals surface area contributed by atoms with Crippen LogP contribution < -0.4 is 16.6 Å². The summed E-state index contributed by atoms with van der Waals surface area (Å²) < 4.78 is 1.16. The second-order valence-electron chi connectivity index (χ2n) is 4.67. The SMILES string of the molecule is CC(C)c1c(NN)ncnc1NCCc1ccc(Br)s1. The first-order valence-electron chi connectivity index (χ1n) is 6.41. The van der Waals surface area contributed by atoms with E-state index in [0.29, 0.717) is 11.7 Å². The molecule has 0 atom stereocenters. The van der Waals surface area contributed by atoms with Gasteiger partial charge in [0.1, 0.15) is 18.0 Å². The van der Waals surface area contributed by atoms with Crippen molar-refractivity contribution in [2.45, 2.75) is 26.2 Å². The van der Waals surface area contributed by atoms with Crippen LogP contribution in [0.1, 0.15) is 30.2 Å². The highest BCUT2D eigenvalue weighted by Crippen LogP contribution is 2.28. The fourth-order valence-corrected chi connectivity index (χ4v) is 3.47. The van der Waals surface area contributed by atoms with Crippen LogP contribution in [-0.4, -0.2) is 16.5 Å². The Morgan fingerprint density at radius 3 is 2.65 bits per heavy atom. The van der Waals surface area contributed by atoms with E-state index in [1.807, 2.05) is 0 Å². The number of nitrogens with zero attached hydrogens (tertiary/aromatic N) is 2. The van der Waals surface area contributed by atoms with Crippen molar-refractivity contribution in [2.75, 3.05) is 17.3 Å². The summed E-state index contributed by atoms with van der Waals surface area (Å²) >= 11 is 5.23. The molecule has 2 rings (SSSR count). The monoisotopic (exact) mass is 355 g/mol. The van der Waals surface area contributed by atoms with Gasteiger partial charge < -0.3 is 10.7 Å². The van der Waals surface area contributed by atoms with E-state index in [4.69, 9.17) is 5.84 Å². The van der Waals surface area contributed by atoms with Gasteiger partial charge in [-0.05, 0) is 40.4 Å². The average Bonchev–Trinajstić information content (AvgIpc) is 2.83. The van der Waals surface area contributed by atoms with Crippen molar-refractivity contribution in [2.24, 2.45) is 5.84 Å². The van der Waals surface area contributed by atoms with Gasteiger partial charge in [0, 0.05) is 17.0 Å². The van der Waals surface area contributed by atoms with Gasteiger partial charge in [0.25, 0.3) is 0 Å². The molecular formula is C13H18BrN5S. The van der Waals surface area contributed by atoms with Gasteiger partial charge in [-0.1, -0.05) is 13.8 Å². The standard InChI is InChI=1S/C13H18BrN5S/c1-8(2)11-12(17-7-18-13(11)19-15)16-6-5-9-3-4-10(14)20-9/h3-4,7-8H,5-6,15H2,1-2H3,(H2,16,17,18,19). The first-order valence-corrected chi connectivity index (χ1v) is 8.02. The fourth-order valence-electron chi connectivity index (χ4n) is 1.99. The maximum absolute atomic E-state index is 5.51. The Bertz CT molecular complexity index is 570. The van der Waals surface area contributed by atoms with Crippen LogP contribution in [0.5, 0.6) is 0 Å². The number of rotatable bonds is 6. The van der Waals surface area contributed by atoms with E-state index in [2.05, 4.69) is 62.6 Å². The lowest BCUT2D eigenvalue weighted by Crippen LogP contribution is -2.16. The van der Waals surface area contributed by atoms with Crippen LogP contribution in [0, 0.1) is 0 Å². The van der Waals surface area contributed by atoms with Crippen molar-refractivity contribution in [1.82, 2.24) is 9.97 Å². The first kappa shape index (κ1) is 15.2. The quantitative estimate of drug-likeness (QED) is 0.547. The Kier molecular flexibility index (Phi) is 5.33. The van der Waals surface area contributed by atoms with E-state index in [1.165, 1.54) is 11.2 Å². The van der Waals surface area contributed by atoms with Crippen molar-refractivity contribution in [1.29, 1.82) is 0 Å². The van der Waals surface area contributed by atoms with Crippen molar-refractivity contribution in [3.63, 3.8) is 0 Å². The third-order valence-electron chi connectivity index (χ3n) is 2.89. The van der Waals surface area contributed by atoms with Gasteiger partial charge in [-0.3, -0.25) is 0 Å². The minimum Gasteiger partial charge on any atom is -0.369 e. The number of nitrogen functional groups attached to an aromatic ring is 1. The summed E-state index contributed by atoms with van der Waals surface area (Å²) in [5, 5.41) is 3.37. The Hall–Kier alpha value is -1.18. The molecular weight excluding hydrogens is 338 g/mol. The molecule has 20 heavy (non-hydrogen) atoms. The molecule has 0 unspecified atom stereocenters. The Labute approximate surface area is 131 Å². The van der Waals surface area contributed by atoms with Gasteiger partial charge in [0.15, 0.2) is 0 Å². The molecule has 0 spiro atoms. The van der Waals surface area contributed by atoms with Crippen LogP contribution in [0.15, 0.2) is 22.2 Å². The number of hydrazine groups is 1. The highest BCUT2D eigenvalue weighted by molar-refractivity contribution is 9.11. The molecule has 0 saturated carbocycles.